The second-order valence-corrected chi connectivity index (χ2v) is 6.92. The predicted octanol–water partition coefficient (Wildman–Crippen LogP) is 0.968. The molecule has 2 aliphatic heterocycles. The van der Waals surface area contributed by atoms with Crippen LogP contribution >= 0.6 is 0 Å². The molecule has 1 aromatic heterocycles. The summed E-state index contributed by atoms with van der Waals surface area (Å²) in [5.74, 6) is 2.48. The molecule has 2 saturated heterocycles. The number of morpholine rings is 2. The lowest BCUT2D eigenvalue weighted by atomic mass is 10.2. The molecule has 2 N–H and O–H groups in total. The summed E-state index contributed by atoms with van der Waals surface area (Å²) in [6, 6.07) is 0. The number of ether oxygens (including phenoxy) is 3. The molecule has 4 rings (SSSR count). The van der Waals surface area contributed by atoms with E-state index in [1.807, 2.05) is 18.2 Å². The zero-order valence-corrected chi connectivity index (χ0v) is 18.6. The standard InChI is InChI=1S/C20H27N7O3.CH4O/c1-28-17-5-3-2-4-16(14-17)15-21-25-18-22-19(26-6-10-29-11-7-26)24-20(23-18)27-8-12-30-13-9-27;1-2/h2,4-5,14-15H,3,6-13H2,1H3,(H,22,23,24,25);2H,1H3/b21-15+;. The minimum atomic E-state index is 0.407. The van der Waals surface area contributed by atoms with E-state index in [2.05, 4.69) is 36.4 Å². The lowest BCUT2D eigenvalue weighted by Gasteiger charge is -2.30. The van der Waals surface area contributed by atoms with E-state index in [0.29, 0.717) is 44.3 Å². The molecule has 0 atom stereocenters. The average molecular weight is 446 g/mol. The Hall–Kier alpha value is -3.02. The van der Waals surface area contributed by atoms with Crippen molar-refractivity contribution in [3.63, 3.8) is 0 Å². The minimum Gasteiger partial charge on any atom is -0.497 e. The van der Waals surface area contributed by atoms with E-state index in [9.17, 15) is 0 Å². The fraction of sp³-hybridized carbons (Fsp3) is 0.524. The van der Waals surface area contributed by atoms with Crippen molar-refractivity contribution in [2.75, 3.05) is 82.1 Å². The monoisotopic (exact) mass is 445 g/mol. The molecular formula is C21H31N7O4. The van der Waals surface area contributed by atoms with Crippen LogP contribution < -0.4 is 15.2 Å². The van der Waals surface area contributed by atoms with E-state index in [4.69, 9.17) is 24.3 Å². The van der Waals surface area contributed by atoms with Gasteiger partial charge in [-0.3, -0.25) is 0 Å². The van der Waals surface area contributed by atoms with Crippen LogP contribution in [-0.2, 0) is 14.2 Å². The van der Waals surface area contributed by atoms with Crippen LogP contribution in [0.3, 0.4) is 0 Å². The molecule has 11 heteroatoms. The first-order valence-electron chi connectivity index (χ1n) is 10.6. The Morgan fingerprint density at radius 1 is 1.00 bits per heavy atom. The van der Waals surface area contributed by atoms with Gasteiger partial charge < -0.3 is 29.1 Å². The molecule has 0 spiro atoms. The Morgan fingerprint density at radius 3 is 2.16 bits per heavy atom. The third kappa shape index (κ3) is 6.74. The van der Waals surface area contributed by atoms with Crippen molar-refractivity contribution in [1.82, 2.24) is 15.0 Å². The zero-order chi connectivity index (χ0) is 22.6. The molecule has 1 aliphatic carbocycles. The third-order valence-corrected chi connectivity index (χ3v) is 4.89. The number of hydrazone groups is 1. The molecule has 32 heavy (non-hydrogen) atoms. The highest BCUT2D eigenvalue weighted by molar-refractivity contribution is 5.83. The summed E-state index contributed by atoms with van der Waals surface area (Å²) >= 11 is 0. The third-order valence-electron chi connectivity index (χ3n) is 4.89. The fourth-order valence-corrected chi connectivity index (χ4v) is 3.26. The zero-order valence-electron chi connectivity index (χ0n) is 18.6. The number of aliphatic hydroxyl groups is 1. The molecule has 11 nitrogen and oxygen atoms in total. The van der Waals surface area contributed by atoms with Crippen molar-refractivity contribution in [3.8, 4) is 0 Å². The van der Waals surface area contributed by atoms with E-state index in [-0.39, 0.29) is 0 Å². The number of aliphatic hydroxyl groups excluding tert-OH is 1. The van der Waals surface area contributed by atoms with Crippen LogP contribution in [0.15, 0.2) is 40.7 Å². The van der Waals surface area contributed by atoms with Gasteiger partial charge in [0.15, 0.2) is 0 Å². The average Bonchev–Trinajstić information content (AvgIpc) is 3.11. The Kier molecular flexibility index (Phi) is 9.41. The molecule has 1 aromatic rings. The smallest absolute Gasteiger partial charge is 0.250 e. The van der Waals surface area contributed by atoms with Crippen molar-refractivity contribution >= 4 is 24.1 Å². The molecule has 3 heterocycles. The summed E-state index contributed by atoms with van der Waals surface area (Å²) in [7, 11) is 2.66. The lowest BCUT2D eigenvalue weighted by molar-refractivity contribution is 0.121. The summed E-state index contributed by atoms with van der Waals surface area (Å²) in [5, 5.41) is 11.3. The molecule has 0 unspecified atom stereocenters. The van der Waals surface area contributed by atoms with Gasteiger partial charge in [0.2, 0.25) is 17.8 Å². The maximum Gasteiger partial charge on any atom is 0.250 e. The molecule has 2 fully saturated rings. The largest absolute Gasteiger partial charge is 0.497 e. The summed E-state index contributed by atoms with van der Waals surface area (Å²) in [4.78, 5) is 18.1. The Bertz CT molecular complexity index is 808. The molecule has 0 aromatic carbocycles. The number of anilines is 3. The highest BCUT2D eigenvalue weighted by atomic mass is 16.5. The maximum absolute atomic E-state index is 7.00. The SMILES string of the molecule is CO.COC1=CCC=CC(/C=N/Nc2nc(N3CCOCC3)nc(N3CCOCC3)n2)=C1. The number of hydrogen-bond donors (Lipinski definition) is 2. The van der Waals surface area contributed by atoms with Crippen molar-refractivity contribution in [1.29, 1.82) is 0 Å². The van der Waals surface area contributed by atoms with Crippen LogP contribution in [-0.4, -0.2) is 93.1 Å². The van der Waals surface area contributed by atoms with Gasteiger partial charge in [-0.05, 0) is 24.1 Å². The van der Waals surface area contributed by atoms with Gasteiger partial charge in [0.1, 0.15) is 5.76 Å². The topological polar surface area (TPSA) is 117 Å². The highest BCUT2D eigenvalue weighted by Crippen LogP contribution is 2.19. The highest BCUT2D eigenvalue weighted by Gasteiger charge is 2.20. The normalized spacial score (nSPS) is 19.0. The van der Waals surface area contributed by atoms with Crippen molar-refractivity contribution in [2.24, 2.45) is 5.10 Å². The van der Waals surface area contributed by atoms with Gasteiger partial charge in [0.25, 0.3) is 0 Å². The number of methoxy groups -OCH3 is 1. The number of hydrogen-bond acceptors (Lipinski definition) is 11. The van der Waals surface area contributed by atoms with E-state index >= 15 is 0 Å². The fourth-order valence-electron chi connectivity index (χ4n) is 3.26. The number of allylic oxidation sites excluding steroid dienone is 5. The van der Waals surface area contributed by atoms with Crippen LogP contribution in [0.2, 0.25) is 0 Å². The van der Waals surface area contributed by atoms with E-state index in [1.165, 1.54) is 0 Å². The van der Waals surface area contributed by atoms with Gasteiger partial charge in [-0.25, -0.2) is 5.43 Å². The molecule has 0 saturated carbocycles. The predicted molar refractivity (Wildman–Crippen MR) is 123 cm³/mol. The van der Waals surface area contributed by atoms with Crippen molar-refractivity contribution in [2.45, 2.75) is 6.42 Å². The Labute approximate surface area is 188 Å². The van der Waals surface area contributed by atoms with E-state index in [0.717, 1.165) is 51.0 Å². The van der Waals surface area contributed by atoms with Gasteiger partial charge in [0, 0.05) is 33.3 Å². The molecule has 0 radical (unpaired) electrons. The lowest BCUT2D eigenvalue weighted by Crippen LogP contribution is -2.40. The Balaban J connectivity index is 0.00000141. The molecule has 0 bridgehead atoms. The molecule has 0 amide bonds. The number of nitrogens with zero attached hydrogens (tertiary/aromatic N) is 6. The van der Waals surface area contributed by atoms with Crippen LogP contribution in [0.5, 0.6) is 0 Å². The summed E-state index contributed by atoms with van der Waals surface area (Å²) in [6.45, 7) is 5.64. The number of nitrogens with one attached hydrogen (secondary N) is 1. The van der Waals surface area contributed by atoms with Crippen molar-refractivity contribution < 1.29 is 19.3 Å². The first kappa shape index (κ1) is 23.6. The van der Waals surface area contributed by atoms with E-state index in [1.54, 1.807) is 13.3 Å². The van der Waals surface area contributed by atoms with Crippen LogP contribution in [0, 0.1) is 0 Å². The van der Waals surface area contributed by atoms with Gasteiger partial charge >= 0.3 is 0 Å². The minimum absolute atomic E-state index is 0.407. The summed E-state index contributed by atoms with van der Waals surface area (Å²) in [5.41, 5.74) is 3.88. The van der Waals surface area contributed by atoms with Gasteiger partial charge in [-0.1, -0.05) is 12.2 Å². The quantitative estimate of drug-likeness (QED) is 0.484. The first-order chi connectivity index (χ1) is 15.8. The first-order valence-corrected chi connectivity index (χ1v) is 10.6. The second kappa shape index (κ2) is 12.7. The number of rotatable bonds is 6. The van der Waals surface area contributed by atoms with Gasteiger partial charge in [-0.15, -0.1) is 0 Å². The molecule has 174 valence electrons. The molecular weight excluding hydrogens is 414 g/mol. The van der Waals surface area contributed by atoms with Crippen LogP contribution in [0.25, 0.3) is 0 Å². The number of aromatic nitrogens is 3. The Morgan fingerprint density at radius 2 is 1.59 bits per heavy atom. The summed E-state index contributed by atoms with van der Waals surface area (Å²) in [6.07, 6.45) is 10.5. The van der Waals surface area contributed by atoms with Crippen LogP contribution in [0.1, 0.15) is 6.42 Å². The van der Waals surface area contributed by atoms with Crippen molar-refractivity contribution in [3.05, 3.63) is 35.6 Å². The van der Waals surface area contributed by atoms with E-state index < -0.39 is 0 Å². The van der Waals surface area contributed by atoms with Crippen LogP contribution in [0.4, 0.5) is 17.8 Å². The molecule has 3 aliphatic rings. The van der Waals surface area contributed by atoms with Gasteiger partial charge in [0.05, 0.1) is 39.8 Å². The maximum atomic E-state index is 7.00. The second-order valence-electron chi connectivity index (χ2n) is 6.92. The summed E-state index contributed by atoms with van der Waals surface area (Å²) < 4.78 is 16.2. The van der Waals surface area contributed by atoms with Gasteiger partial charge in [-0.2, -0.15) is 20.1 Å².